The second kappa shape index (κ2) is 6.05. The van der Waals surface area contributed by atoms with E-state index in [1.54, 1.807) is 0 Å². The topological polar surface area (TPSA) is 59.3 Å². The molecule has 1 N–H and O–H groups in total. The van der Waals surface area contributed by atoms with Gasteiger partial charge in [0.2, 0.25) is 9.84 Å². The average Bonchev–Trinajstić information content (AvgIpc) is 3.00. The number of nitrogens with one attached hydrogen (secondary N) is 1. The maximum atomic E-state index is 13.6. The van der Waals surface area contributed by atoms with E-state index in [0.717, 1.165) is 19.1 Å². The lowest BCUT2D eigenvalue weighted by atomic mass is 9.88. The van der Waals surface area contributed by atoms with Gasteiger partial charge in [-0.25, -0.2) is 12.8 Å². The van der Waals surface area contributed by atoms with E-state index in [0.29, 0.717) is 17.4 Å². The molecule has 0 amide bonds. The fourth-order valence-electron chi connectivity index (χ4n) is 3.47. The number of alkyl halides is 3. The Labute approximate surface area is 158 Å². The Balaban J connectivity index is 1.88. The Morgan fingerprint density at radius 1 is 1.11 bits per heavy atom. The maximum Gasteiger partial charge on any atom is 0.413 e. The molecule has 1 aromatic heterocycles. The summed E-state index contributed by atoms with van der Waals surface area (Å²) in [6.45, 7) is 1.11. The number of hydrogen-bond acceptors (Lipinski definition) is 4. The first kappa shape index (κ1) is 18.9. The van der Waals surface area contributed by atoms with E-state index in [2.05, 4.69) is 5.32 Å². The third-order valence-electron chi connectivity index (χ3n) is 5.06. The van der Waals surface area contributed by atoms with E-state index in [1.807, 2.05) is 0 Å². The van der Waals surface area contributed by atoms with Crippen molar-refractivity contribution in [3.63, 3.8) is 0 Å². The van der Waals surface area contributed by atoms with Crippen LogP contribution < -0.4 is 5.32 Å². The van der Waals surface area contributed by atoms with Gasteiger partial charge in [-0.1, -0.05) is 6.07 Å². The van der Waals surface area contributed by atoms with Gasteiger partial charge in [0.15, 0.2) is 5.54 Å². The summed E-state index contributed by atoms with van der Waals surface area (Å²) >= 11 is 0. The molecule has 1 atom stereocenters. The van der Waals surface area contributed by atoms with Crippen LogP contribution >= 0.6 is 0 Å². The number of benzene rings is 2. The van der Waals surface area contributed by atoms with Crippen molar-refractivity contribution in [2.45, 2.75) is 34.9 Å². The van der Waals surface area contributed by atoms with E-state index >= 15 is 0 Å². The van der Waals surface area contributed by atoms with Crippen LogP contribution in [0.4, 0.5) is 17.6 Å². The van der Waals surface area contributed by atoms with Gasteiger partial charge in [-0.2, -0.15) is 13.2 Å². The van der Waals surface area contributed by atoms with E-state index in [9.17, 15) is 26.0 Å². The summed E-state index contributed by atoms with van der Waals surface area (Å²) in [5.74, 6) is -0.968. The highest BCUT2D eigenvalue weighted by Crippen LogP contribution is 2.45. The number of furan rings is 1. The summed E-state index contributed by atoms with van der Waals surface area (Å²) in [6.07, 6.45) is -4.27. The third kappa shape index (κ3) is 2.72. The molecule has 0 bridgehead atoms. The molecule has 2 heterocycles. The van der Waals surface area contributed by atoms with Gasteiger partial charge in [-0.3, -0.25) is 5.32 Å². The molecule has 148 valence electrons. The van der Waals surface area contributed by atoms with Crippen molar-refractivity contribution in [1.29, 1.82) is 0 Å². The van der Waals surface area contributed by atoms with Crippen LogP contribution in [-0.4, -0.2) is 21.1 Å². The van der Waals surface area contributed by atoms with Crippen molar-refractivity contribution in [2.24, 2.45) is 0 Å². The molecule has 1 unspecified atom stereocenters. The zero-order valence-electron chi connectivity index (χ0n) is 14.6. The lowest BCUT2D eigenvalue weighted by Gasteiger charge is -2.35. The van der Waals surface area contributed by atoms with E-state index in [1.165, 1.54) is 30.3 Å². The second-order valence-electron chi connectivity index (χ2n) is 6.83. The maximum absolute atomic E-state index is 13.6. The van der Waals surface area contributed by atoms with E-state index in [-0.39, 0.29) is 27.7 Å². The highest BCUT2D eigenvalue weighted by molar-refractivity contribution is 7.91. The van der Waals surface area contributed by atoms with Gasteiger partial charge in [0.05, 0.1) is 9.79 Å². The monoisotopic (exact) mass is 413 g/mol. The smallest absolute Gasteiger partial charge is 0.413 e. The Morgan fingerprint density at radius 3 is 2.50 bits per heavy atom. The fourth-order valence-corrected chi connectivity index (χ4v) is 4.77. The summed E-state index contributed by atoms with van der Waals surface area (Å²) in [6, 6.07) is 8.44. The summed E-state index contributed by atoms with van der Waals surface area (Å²) in [5.41, 5.74) is -1.91. The number of hydrogen-bond donors (Lipinski definition) is 1. The standard InChI is InChI=1S/C19H15F4NO3S/c1-18(19(21,22)23)17-15(7-8-24-18)14-6-5-13(10-16(14)27-17)28(25,26)12-4-2-3-11(20)9-12/h2-6,9-10,24H,7-8H2,1H3. The second-order valence-corrected chi connectivity index (χ2v) is 8.78. The third-order valence-corrected chi connectivity index (χ3v) is 6.80. The molecule has 1 aliphatic rings. The predicted molar refractivity (Wildman–Crippen MR) is 93.2 cm³/mol. The summed E-state index contributed by atoms with van der Waals surface area (Å²) in [7, 11) is -4.05. The molecule has 9 heteroatoms. The molecule has 4 nitrogen and oxygen atoms in total. The van der Waals surface area contributed by atoms with Gasteiger partial charge < -0.3 is 4.42 Å². The van der Waals surface area contributed by atoms with Crippen molar-refractivity contribution in [3.8, 4) is 0 Å². The molecule has 1 aliphatic heterocycles. The minimum Gasteiger partial charge on any atom is -0.458 e. The number of rotatable bonds is 2. The van der Waals surface area contributed by atoms with Crippen molar-refractivity contribution in [3.05, 3.63) is 59.6 Å². The van der Waals surface area contributed by atoms with E-state index in [4.69, 9.17) is 4.42 Å². The van der Waals surface area contributed by atoms with Crippen LogP contribution in [0.1, 0.15) is 18.2 Å². The van der Waals surface area contributed by atoms with Gasteiger partial charge in [0.1, 0.15) is 17.2 Å². The Bertz CT molecular complexity index is 1180. The fraction of sp³-hybridized carbons (Fsp3) is 0.263. The Kier molecular flexibility index (Phi) is 4.10. The van der Waals surface area contributed by atoms with Gasteiger partial charge >= 0.3 is 6.18 Å². The van der Waals surface area contributed by atoms with Crippen molar-refractivity contribution in [2.75, 3.05) is 6.54 Å². The van der Waals surface area contributed by atoms with Crippen LogP contribution in [0.3, 0.4) is 0 Å². The molecule has 3 aromatic rings. The zero-order valence-corrected chi connectivity index (χ0v) is 15.4. The number of fused-ring (bicyclic) bond motifs is 3. The molecule has 0 saturated heterocycles. The largest absolute Gasteiger partial charge is 0.458 e. The van der Waals surface area contributed by atoms with Gasteiger partial charge in [0, 0.05) is 23.6 Å². The molecular formula is C19H15F4NO3S. The summed E-state index contributed by atoms with van der Waals surface area (Å²) in [4.78, 5) is -0.427. The van der Waals surface area contributed by atoms with E-state index < -0.39 is 27.4 Å². The van der Waals surface area contributed by atoms with Gasteiger partial charge in [-0.05, 0) is 43.7 Å². The first-order valence-electron chi connectivity index (χ1n) is 8.42. The average molecular weight is 413 g/mol. The zero-order chi connectivity index (χ0) is 20.3. The molecular weight excluding hydrogens is 398 g/mol. The molecule has 28 heavy (non-hydrogen) atoms. The van der Waals surface area contributed by atoms with Crippen molar-refractivity contribution >= 4 is 20.8 Å². The SMILES string of the molecule is CC1(C(F)(F)F)NCCc2c1oc1cc(S(=O)(=O)c3cccc(F)c3)ccc21. The highest BCUT2D eigenvalue weighted by Gasteiger charge is 2.56. The quantitative estimate of drug-likeness (QED) is 0.636. The molecule has 0 spiro atoms. The molecule has 0 fully saturated rings. The molecule has 4 rings (SSSR count). The van der Waals surface area contributed by atoms with Crippen LogP contribution in [0.15, 0.2) is 56.7 Å². The molecule has 0 aliphatic carbocycles. The Hall–Kier alpha value is -2.39. The summed E-state index contributed by atoms with van der Waals surface area (Å²) < 4.78 is 85.3. The van der Waals surface area contributed by atoms with Crippen LogP contribution in [0.2, 0.25) is 0 Å². The first-order chi connectivity index (χ1) is 13.0. The number of sulfone groups is 1. The molecule has 2 aromatic carbocycles. The summed E-state index contributed by atoms with van der Waals surface area (Å²) in [5, 5.41) is 2.89. The van der Waals surface area contributed by atoms with Crippen LogP contribution in [-0.2, 0) is 21.8 Å². The predicted octanol–water partition coefficient (Wildman–Crippen LogP) is 4.33. The van der Waals surface area contributed by atoms with Crippen LogP contribution in [0.25, 0.3) is 11.0 Å². The van der Waals surface area contributed by atoms with Crippen molar-refractivity contribution < 1.29 is 30.4 Å². The Morgan fingerprint density at radius 2 is 1.82 bits per heavy atom. The van der Waals surface area contributed by atoms with Crippen LogP contribution in [0, 0.1) is 5.82 Å². The lowest BCUT2D eigenvalue weighted by Crippen LogP contribution is -2.54. The van der Waals surface area contributed by atoms with Gasteiger partial charge in [-0.15, -0.1) is 0 Å². The van der Waals surface area contributed by atoms with Crippen LogP contribution in [0.5, 0.6) is 0 Å². The molecule has 0 radical (unpaired) electrons. The van der Waals surface area contributed by atoms with Crippen molar-refractivity contribution in [1.82, 2.24) is 5.32 Å². The molecule has 0 saturated carbocycles. The first-order valence-corrected chi connectivity index (χ1v) is 9.91. The normalized spacial score (nSPS) is 20.3. The minimum absolute atomic E-state index is 0.0432. The lowest BCUT2D eigenvalue weighted by molar-refractivity contribution is -0.201. The number of halogens is 4. The highest BCUT2D eigenvalue weighted by atomic mass is 32.2. The van der Waals surface area contributed by atoms with Gasteiger partial charge in [0.25, 0.3) is 0 Å². The minimum atomic E-state index is -4.59.